The number of carbonyl (C=O) groups is 2. The molecule has 204 valence electrons. The Bertz CT molecular complexity index is 1060. The van der Waals surface area contributed by atoms with Crippen LogP contribution in [-0.4, -0.2) is 76.8 Å². The van der Waals surface area contributed by atoms with Gasteiger partial charge in [0.2, 0.25) is 5.91 Å². The van der Waals surface area contributed by atoms with E-state index >= 15 is 0 Å². The third-order valence-corrected chi connectivity index (χ3v) is 10.3. The molecule has 2 heterocycles. The van der Waals surface area contributed by atoms with E-state index in [1.54, 1.807) is 0 Å². The molecule has 2 amide bonds. The van der Waals surface area contributed by atoms with Gasteiger partial charge < -0.3 is 15.6 Å². The van der Waals surface area contributed by atoms with Crippen molar-refractivity contribution in [2.24, 2.45) is 11.7 Å². The molecule has 1 fully saturated rings. The van der Waals surface area contributed by atoms with Gasteiger partial charge in [-0.3, -0.25) is 37.5 Å². The molecule has 4 N–H and O–H groups in total. The lowest BCUT2D eigenvalue weighted by molar-refractivity contribution is -0.134. The van der Waals surface area contributed by atoms with E-state index < -0.39 is 66.1 Å². The van der Waals surface area contributed by atoms with Crippen molar-refractivity contribution in [3.05, 3.63) is 11.6 Å². The Hall–Kier alpha value is -1.27. The fourth-order valence-electron chi connectivity index (χ4n) is 3.00. The number of aliphatic hydroxyl groups is 1. The molecule has 0 saturated carbocycles. The first-order valence-corrected chi connectivity index (χ1v) is 14.4. The summed E-state index contributed by atoms with van der Waals surface area (Å²) in [6, 6.07) is 0. The van der Waals surface area contributed by atoms with Crippen LogP contribution in [0.4, 0.5) is 0 Å². The Balaban J connectivity index is 2.10. The van der Waals surface area contributed by atoms with Crippen LogP contribution in [-0.2, 0) is 59.3 Å². The summed E-state index contributed by atoms with van der Waals surface area (Å²) < 4.78 is 76.0. The van der Waals surface area contributed by atoms with Gasteiger partial charge in [0.05, 0.1) is 36.9 Å². The second-order valence-corrected chi connectivity index (χ2v) is 12.7. The van der Waals surface area contributed by atoms with Crippen LogP contribution in [0.2, 0.25) is 0 Å². The molecule has 0 aromatic carbocycles. The predicted molar refractivity (Wildman–Crippen MR) is 120 cm³/mol. The van der Waals surface area contributed by atoms with E-state index in [-0.39, 0.29) is 18.5 Å². The summed E-state index contributed by atoms with van der Waals surface area (Å²) in [5.74, 6) is 2.73. The summed E-state index contributed by atoms with van der Waals surface area (Å²) in [7, 11) is -10.4. The van der Waals surface area contributed by atoms with Crippen molar-refractivity contribution >= 4 is 35.3 Å². The molecular weight excluding hydrogens is 549 g/mol. The average Bonchev–Trinajstić information content (AvgIpc) is 3.22. The van der Waals surface area contributed by atoms with E-state index in [0.717, 1.165) is 28.4 Å². The first kappa shape index (κ1) is 31.0. The number of nitrogens with two attached hydrogens (primary N) is 1. The van der Waals surface area contributed by atoms with Crippen LogP contribution in [0.3, 0.4) is 0 Å². The summed E-state index contributed by atoms with van der Waals surface area (Å²) in [5.41, 5.74) is 5.32. The SMILES string of the molecule is COP(=O)(OC)OP(=O)(OC)OP(=O)(OC)OC[C@H]1O[C@H](C2C=C(C#CCN)C(=O)NC2=O)CC1O. The Morgan fingerprint density at radius 3 is 2.19 bits per heavy atom. The zero-order chi connectivity index (χ0) is 27.1. The number of imide groups is 1. The number of aliphatic hydroxyl groups excluding tert-OH is 1. The van der Waals surface area contributed by atoms with Gasteiger partial charge in [0.1, 0.15) is 6.10 Å². The van der Waals surface area contributed by atoms with Crippen LogP contribution >= 0.6 is 23.5 Å². The summed E-state index contributed by atoms with van der Waals surface area (Å²) in [4.78, 5) is 24.2. The molecule has 2 aliphatic rings. The maximum absolute atomic E-state index is 12.9. The molecule has 0 radical (unpaired) electrons. The van der Waals surface area contributed by atoms with Gasteiger partial charge in [-0.25, -0.2) is 13.7 Å². The first-order valence-electron chi connectivity index (χ1n) is 10.1. The molecule has 19 heteroatoms. The lowest BCUT2D eigenvalue weighted by Crippen LogP contribution is -2.44. The van der Waals surface area contributed by atoms with Gasteiger partial charge in [-0.1, -0.05) is 11.8 Å². The standard InChI is InChI=1S/C17H27N2O14P3/c1-26-34(23,27-2)32-36(25,29-4)33-35(24,28-3)30-10-15-13(20)9-14(31-15)12-8-11(6-5-7-18)16(21)19-17(12)22/h8,12-15,20H,7,9-10,18H2,1-4H3,(H,19,21,22)/t12?,13?,14-,15+,35?,36?/m0/s1. The number of phosphoric acid groups is 3. The van der Waals surface area contributed by atoms with Gasteiger partial charge in [0, 0.05) is 34.9 Å². The fourth-order valence-corrected chi connectivity index (χ4v) is 7.45. The molecule has 16 nitrogen and oxygen atoms in total. The van der Waals surface area contributed by atoms with Crippen LogP contribution in [0.15, 0.2) is 11.6 Å². The molecule has 4 unspecified atom stereocenters. The van der Waals surface area contributed by atoms with Crippen molar-refractivity contribution in [3.63, 3.8) is 0 Å². The third-order valence-electron chi connectivity index (χ3n) is 4.80. The van der Waals surface area contributed by atoms with Crippen LogP contribution in [0.5, 0.6) is 0 Å². The van der Waals surface area contributed by atoms with Gasteiger partial charge >= 0.3 is 23.5 Å². The molecule has 2 aliphatic heterocycles. The molecule has 0 bridgehead atoms. The molecule has 0 aliphatic carbocycles. The Morgan fingerprint density at radius 2 is 1.64 bits per heavy atom. The summed E-state index contributed by atoms with van der Waals surface area (Å²) in [6.45, 7) is -0.631. The minimum absolute atomic E-state index is 0.00154. The quantitative estimate of drug-likeness (QED) is 0.165. The second-order valence-electron chi connectivity index (χ2n) is 6.98. The highest BCUT2D eigenvalue weighted by Crippen LogP contribution is 2.72. The molecule has 1 saturated heterocycles. The summed E-state index contributed by atoms with van der Waals surface area (Å²) in [6.07, 6.45) is -2.00. The van der Waals surface area contributed by atoms with E-state index in [2.05, 4.69) is 39.6 Å². The minimum atomic E-state index is -4.88. The highest BCUT2D eigenvalue weighted by atomic mass is 31.3. The van der Waals surface area contributed by atoms with Gasteiger partial charge in [-0.05, 0) is 6.08 Å². The monoisotopic (exact) mass is 576 g/mol. The van der Waals surface area contributed by atoms with Crippen molar-refractivity contribution in [2.45, 2.75) is 24.7 Å². The van der Waals surface area contributed by atoms with Crippen LogP contribution < -0.4 is 11.1 Å². The molecule has 6 atom stereocenters. The van der Waals surface area contributed by atoms with E-state index in [4.69, 9.17) is 19.3 Å². The maximum atomic E-state index is 12.9. The number of hydrogen-bond donors (Lipinski definition) is 3. The Morgan fingerprint density at radius 1 is 1.06 bits per heavy atom. The number of carbonyl (C=O) groups excluding carboxylic acids is 2. The first-order chi connectivity index (χ1) is 16.9. The maximum Gasteiger partial charge on any atom is 0.492 e. The van der Waals surface area contributed by atoms with E-state index in [0.29, 0.717) is 0 Å². The highest BCUT2D eigenvalue weighted by Gasteiger charge is 2.47. The molecular formula is C17H27N2O14P3. The van der Waals surface area contributed by atoms with Gasteiger partial charge in [-0.15, -0.1) is 0 Å². The number of hydrogen-bond acceptors (Lipinski definition) is 15. The minimum Gasteiger partial charge on any atom is -0.390 e. The second kappa shape index (κ2) is 13.0. The van der Waals surface area contributed by atoms with Crippen molar-refractivity contribution in [1.29, 1.82) is 0 Å². The zero-order valence-electron chi connectivity index (χ0n) is 19.7. The Labute approximate surface area is 206 Å². The van der Waals surface area contributed by atoms with E-state index in [1.165, 1.54) is 6.08 Å². The van der Waals surface area contributed by atoms with Gasteiger partial charge in [0.25, 0.3) is 5.91 Å². The zero-order valence-corrected chi connectivity index (χ0v) is 22.4. The Kier molecular flexibility index (Phi) is 11.2. The number of amides is 2. The molecule has 0 aromatic rings. The topological polar surface area (TPSA) is 217 Å². The van der Waals surface area contributed by atoms with Crippen molar-refractivity contribution in [3.8, 4) is 11.8 Å². The van der Waals surface area contributed by atoms with Crippen molar-refractivity contribution in [1.82, 2.24) is 5.32 Å². The van der Waals surface area contributed by atoms with Crippen LogP contribution in [0, 0.1) is 17.8 Å². The fraction of sp³-hybridized carbons (Fsp3) is 0.647. The molecule has 36 heavy (non-hydrogen) atoms. The molecule has 0 aromatic heterocycles. The molecule has 0 spiro atoms. The van der Waals surface area contributed by atoms with Crippen LogP contribution in [0.25, 0.3) is 0 Å². The van der Waals surface area contributed by atoms with Crippen molar-refractivity contribution < 1.29 is 64.4 Å². The van der Waals surface area contributed by atoms with E-state index in [1.807, 2.05) is 0 Å². The lowest BCUT2D eigenvalue weighted by atomic mass is 9.92. The average molecular weight is 576 g/mol. The number of rotatable bonds is 12. The number of ether oxygens (including phenoxy) is 1. The van der Waals surface area contributed by atoms with E-state index in [9.17, 15) is 28.4 Å². The normalized spacial score (nSPS) is 27.9. The number of phosphoric ester groups is 2. The van der Waals surface area contributed by atoms with Crippen LogP contribution in [0.1, 0.15) is 6.42 Å². The lowest BCUT2D eigenvalue weighted by Gasteiger charge is -2.25. The van der Waals surface area contributed by atoms with Gasteiger partial charge in [-0.2, -0.15) is 8.62 Å². The molecule has 2 rings (SSSR count). The third kappa shape index (κ3) is 7.86. The predicted octanol–water partition coefficient (Wildman–Crippen LogP) is 0.626. The smallest absolute Gasteiger partial charge is 0.390 e. The number of nitrogens with one attached hydrogen (secondary N) is 1. The van der Waals surface area contributed by atoms with Crippen molar-refractivity contribution in [2.75, 3.05) is 41.6 Å². The highest BCUT2D eigenvalue weighted by molar-refractivity contribution is 7.67. The van der Waals surface area contributed by atoms with Gasteiger partial charge in [0.15, 0.2) is 0 Å². The summed E-state index contributed by atoms with van der Waals surface area (Å²) >= 11 is 0. The largest absolute Gasteiger partial charge is 0.492 e. The summed E-state index contributed by atoms with van der Waals surface area (Å²) in [5, 5.41) is 12.5.